The molecule has 1 atom stereocenters. The molecule has 0 bridgehead atoms. The Morgan fingerprint density at radius 1 is 1.21 bits per heavy atom. The van der Waals surface area contributed by atoms with E-state index < -0.39 is 0 Å². The highest BCUT2D eigenvalue weighted by molar-refractivity contribution is 14.0. The maximum absolute atomic E-state index is 13.4. The third kappa shape index (κ3) is 7.20. The molecule has 8 heteroatoms. The molecule has 2 N–H and O–H groups in total. The van der Waals surface area contributed by atoms with Gasteiger partial charge >= 0.3 is 0 Å². The molecule has 1 aliphatic heterocycles. The molecule has 1 aromatic carbocycles. The number of aryl methyl sites for hydroxylation is 1. The van der Waals surface area contributed by atoms with Crippen LogP contribution in [-0.2, 0) is 11.3 Å². The van der Waals surface area contributed by atoms with Crippen molar-refractivity contribution in [1.82, 2.24) is 15.5 Å². The van der Waals surface area contributed by atoms with Crippen molar-refractivity contribution in [2.45, 2.75) is 26.4 Å². The third-order valence-electron chi connectivity index (χ3n) is 4.90. The van der Waals surface area contributed by atoms with Crippen LogP contribution in [0.3, 0.4) is 0 Å². The van der Waals surface area contributed by atoms with Gasteiger partial charge in [0.25, 0.3) is 0 Å². The molecule has 2 heterocycles. The van der Waals surface area contributed by atoms with Crippen molar-refractivity contribution in [3.63, 3.8) is 0 Å². The molecule has 1 aliphatic rings. The number of guanidine groups is 1. The standard InChI is InChI=1S/C21H29FN4OS.HI/c1-3-23-21(25-15-20-16(2)8-13-28-20)24-14-19(26-9-11-27-12-10-26)17-4-6-18(22)7-5-17;/h4-8,13,19H,3,9-12,14-15H2,1-2H3,(H2,23,24,25);1H. The number of morpholine rings is 1. The van der Waals surface area contributed by atoms with E-state index in [9.17, 15) is 4.39 Å². The number of aliphatic imine (C=N–C) groups is 1. The first-order valence-corrected chi connectivity index (χ1v) is 10.7. The minimum atomic E-state index is -0.210. The highest BCUT2D eigenvalue weighted by Crippen LogP contribution is 2.22. The number of rotatable bonds is 7. The van der Waals surface area contributed by atoms with Crippen LogP contribution >= 0.6 is 35.3 Å². The number of nitrogens with one attached hydrogen (secondary N) is 2. The molecule has 0 radical (unpaired) electrons. The Labute approximate surface area is 193 Å². The van der Waals surface area contributed by atoms with E-state index in [1.54, 1.807) is 11.3 Å². The van der Waals surface area contributed by atoms with Gasteiger partial charge in [-0.1, -0.05) is 12.1 Å². The summed E-state index contributed by atoms with van der Waals surface area (Å²) in [6, 6.07) is 9.06. The average molecular weight is 532 g/mol. The minimum absolute atomic E-state index is 0. The molecule has 5 nitrogen and oxygen atoms in total. The van der Waals surface area contributed by atoms with Gasteiger partial charge < -0.3 is 15.4 Å². The zero-order valence-electron chi connectivity index (χ0n) is 17.0. The normalized spacial score (nSPS) is 16.2. The van der Waals surface area contributed by atoms with Gasteiger partial charge in [0.05, 0.1) is 25.8 Å². The second-order valence-electron chi connectivity index (χ2n) is 6.82. The van der Waals surface area contributed by atoms with Crippen molar-refractivity contribution in [3.8, 4) is 0 Å². The van der Waals surface area contributed by atoms with E-state index in [1.165, 1.54) is 22.6 Å². The second-order valence-corrected chi connectivity index (χ2v) is 7.82. The van der Waals surface area contributed by atoms with E-state index in [0.717, 1.165) is 44.4 Å². The molecule has 1 unspecified atom stereocenters. The molecule has 0 spiro atoms. The van der Waals surface area contributed by atoms with E-state index in [4.69, 9.17) is 9.73 Å². The molecule has 1 saturated heterocycles. The van der Waals surface area contributed by atoms with Crippen LogP contribution in [-0.4, -0.2) is 50.3 Å². The van der Waals surface area contributed by atoms with Gasteiger partial charge in [-0.25, -0.2) is 9.38 Å². The monoisotopic (exact) mass is 532 g/mol. The van der Waals surface area contributed by atoms with Crippen LogP contribution < -0.4 is 10.6 Å². The van der Waals surface area contributed by atoms with Crippen LogP contribution in [0.25, 0.3) is 0 Å². The maximum atomic E-state index is 13.4. The van der Waals surface area contributed by atoms with Crippen molar-refractivity contribution < 1.29 is 9.13 Å². The van der Waals surface area contributed by atoms with Gasteiger partial charge in [0.15, 0.2) is 5.96 Å². The van der Waals surface area contributed by atoms with E-state index in [0.29, 0.717) is 13.1 Å². The van der Waals surface area contributed by atoms with E-state index >= 15 is 0 Å². The number of thiophene rings is 1. The fraction of sp³-hybridized carbons (Fsp3) is 0.476. The lowest BCUT2D eigenvalue weighted by Gasteiger charge is -2.35. The molecular formula is C21H30FIN4OS. The quantitative estimate of drug-likeness (QED) is 0.322. The number of ether oxygens (including phenoxy) is 1. The van der Waals surface area contributed by atoms with Crippen LogP contribution in [0.5, 0.6) is 0 Å². The Hall–Kier alpha value is -1.23. The van der Waals surface area contributed by atoms with Crippen LogP contribution in [0, 0.1) is 12.7 Å². The number of nitrogens with zero attached hydrogens (tertiary/aromatic N) is 2. The third-order valence-corrected chi connectivity index (χ3v) is 5.91. The second kappa shape index (κ2) is 12.5. The van der Waals surface area contributed by atoms with Crippen molar-refractivity contribution in [1.29, 1.82) is 0 Å². The summed E-state index contributed by atoms with van der Waals surface area (Å²) in [7, 11) is 0. The predicted octanol–water partition coefficient (Wildman–Crippen LogP) is 3.94. The summed E-state index contributed by atoms with van der Waals surface area (Å²) < 4.78 is 18.9. The molecule has 3 rings (SSSR count). The fourth-order valence-corrected chi connectivity index (χ4v) is 4.11. The molecule has 160 valence electrons. The number of hydrogen-bond acceptors (Lipinski definition) is 4. The number of benzene rings is 1. The Balaban J connectivity index is 0.00000300. The van der Waals surface area contributed by atoms with Crippen LogP contribution in [0.15, 0.2) is 40.7 Å². The van der Waals surface area contributed by atoms with Crippen molar-refractivity contribution in [2.24, 2.45) is 4.99 Å². The van der Waals surface area contributed by atoms with E-state index in [2.05, 4.69) is 40.8 Å². The molecule has 2 aromatic rings. The summed E-state index contributed by atoms with van der Waals surface area (Å²) in [5, 5.41) is 8.90. The maximum Gasteiger partial charge on any atom is 0.191 e. The van der Waals surface area contributed by atoms with Gasteiger partial charge in [0.1, 0.15) is 5.82 Å². The van der Waals surface area contributed by atoms with Crippen molar-refractivity contribution >= 4 is 41.3 Å². The molecule has 0 saturated carbocycles. The van der Waals surface area contributed by atoms with E-state index in [-0.39, 0.29) is 35.8 Å². The lowest BCUT2D eigenvalue weighted by Crippen LogP contribution is -2.46. The van der Waals surface area contributed by atoms with Gasteiger partial charge in [0.2, 0.25) is 0 Å². The van der Waals surface area contributed by atoms with Crippen LogP contribution in [0.2, 0.25) is 0 Å². The predicted molar refractivity (Wildman–Crippen MR) is 129 cm³/mol. The van der Waals surface area contributed by atoms with E-state index in [1.807, 2.05) is 12.1 Å². The zero-order valence-corrected chi connectivity index (χ0v) is 20.1. The van der Waals surface area contributed by atoms with Gasteiger partial charge in [-0.3, -0.25) is 4.90 Å². The molecular weight excluding hydrogens is 502 g/mol. The summed E-state index contributed by atoms with van der Waals surface area (Å²) in [4.78, 5) is 8.41. The summed E-state index contributed by atoms with van der Waals surface area (Å²) in [5.74, 6) is 0.592. The topological polar surface area (TPSA) is 48.9 Å². The minimum Gasteiger partial charge on any atom is -0.379 e. The van der Waals surface area contributed by atoms with Crippen LogP contribution in [0.4, 0.5) is 4.39 Å². The summed E-state index contributed by atoms with van der Waals surface area (Å²) in [5.41, 5.74) is 2.38. The molecule has 29 heavy (non-hydrogen) atoms. The average Bonchev–Trinajstić information content (AvgIpc) is 3.13. The van der Waals surface area contributed by atoms with Crippen molar-refractivity contribution in [3.05, 3.63) is 57.5 Å². The Morgan fingerprint density at radius 2 is 1.93 bits per heavy atom. The molecule has 1 aromatic heterocycles. The Morgan fingerprint density at radius 3 is 2.55 bits per heavy atom. The van der Waals surface area contributed by atoms with Gasteiger partial charge in [-0.15, -0.1) is 35.3 Å². The van der Waals surface area contributed by atoms with Crippen molar-refractivity contribution in [2.75, 3.05) is 39.4 Å². The Kier molecular flexibility index (Phi) is 10.3. The summed E-state index contributed by atoms with van der Waals surface area (Å²) >= 11 is 1.73. The largest absolute Gasteiger partial charge is 0.379 e. The van der Waals surface area contributed by atoms with Gasteiger partial charge in [0, 0.05) is 31.1 Å². The summed E-state index contributed by atoms with van der Waals surface area (Å²) in [6.45, 7) is 9.52. The highest BCUT2D eigenvalue weighted by Gasteiger charge is 2.23. The zero-order chi connectivity index (χ0) is 19.8. The number of halogens is 2. The lowest BCUT2D eigenvalue weighted by molar-refractivity contribution is 0.0170. The Bertz CT molecular complexity index is 762. The van der Waals surface area contributed by atoms with Gasteiger partial charge in [-0.2, -0.15) is 0 Å². The van der Waals surface area contributed by atoms with Gasteiger partial charge in [-0.05, 0) is 48.6 Å². The lowest BCUT2D eigenvalue weighted by atomic mass is 10.0. The highest BCUT2D eigenvalue weighted by atomic mass is 127. The van der Waals surface area contributed by atoms with Crippen LogP contribution in [0.1, 0.15) is 29.0 Å². The molecule has 0 aliphatic carbocycles. The first kappa shape index (κ1) is 24.0. The number of hydrogen-bond donors (Lipinski definition) is 2. The molecule has 1 fully saturated rings. The summed E-state index contributed by atoms with van der Waals surface area (Å²) in [6.07, 6.45) is 0. The first-order valence-electron chi connectivity index (χ1n) is 9.79. The smallest absolute Gasteiger partial charge is 0.191 e. The first-order chi connectivity index (χ1) is 13.7. The SMILES string of the molecule is CCNC(=NCc1sccc1C)NCC(c1ccc(F)cc1)N1CCOCC1.I. The molecule has 0 amide bonds. The fourth-order valence-electron chi connectivity index (χ4n) is 3.28.